The van der Waals surface area contributed by atoms with Crippen molar-refractivity contribution in [2.45, 2.75) is 46.0 Å². The van der Waals surface area contributed by atoms with Crippen LogP contribution in [0, 0.1) is 11.3 Å². The summed E-state index contributed by atoms with van der Waals surface area (Å²) >= 11 is 0. The van der Waals surface area contributed by atoms with Crippen LogP contribution in [-0.2, 0) is 4.79 Å². The maximum Gasteiger partial charge on any atom is 0.223 e. The Labute approximate surface area is 137 Å². The van der Waals surface area contributed by atoms with Crippen LogP contribution in [0.4, 0.5) is 0 Å². The van der Waals surface area contributed by atoms with E-state index in [0.717, 1.165) is 42.8 Å². The molecule has 2 aliphatic rings. The van der Waals surface area contributed by atoms with Gasteiger partial charge in [0.2, 0.25) is 5.91 Å². The van der Waals surface area contributed by atoms with Gasteiger partial charge in [-0.2, -0.15) is 5.10 Å². The van der Waals surface area contributed by atoms with E-state index in [1.165, 1.54) is 5.57 Å². The van der Waals surface area contributed by atoms with Gasteiger partial charge in [0.15, 0.2) is 0 Å². The van der Waals surface area contributed by atoms with Gasteiger partial charge in [-0.3, -0.25) is 15.2 Å². The van der Waals surface area contributed by atoms with Crippen LogP contribution in [0.15, 0.2) is 40.8 Å². The molecule has 1 aromatic heterocycles. The number of pyridine rings is 1. The summed E-state index contributed by atoms with van der Waals surface area (Å²) in [7, 11) is 0. The summed E-state index contributed by atoms with van der Waals surface area (Å²) in [6.07, 6.45) is 6.45. The van der Waals surface area contributed by atoms with Crippen molar-refractivity contribution in [3.8, 4) is 0 Å². The lowest BCUT2D eigenvalue weighted by molar-refractivity contribution is -0.128. The van der Waals surface area contributed by atoms with Crippen LogP contribution >= 0.6 is 0 Å². The highest BCUT2D eigenvalue weighted by Gasteiger charge is 2.40. The molecule has 0 spiro atoms. The zero-order valence-corrected chi connectivity index (χ0v) is 13.8. The number of carbonyl (C=O) groups is 1. The highest BCUT2D eigenvalue weighted by molar-refractivity contribution is 6.03. The third-order valence-corrected chi connectivity index (χ3v) is 5.18. The maximum atomic E-state index is 12.1. The molecule has 23 heavy (non-hydrogen) atoms. The van der Waals surface area contributed by atoms with E-state index in [9.17, 15) is 4.79 Å². The molecule has 3 N–H and O–H groups in total. The first kappa shape index (κ1) is 15.7. The van der Waals surface area contributed by atoms with E-state index >= 15 is 0 Å². The molecule has 1 aliphatic heterocycles. The number of carbonyl (C=O) groups excluding carboxylic acids is 1. The van der Waals surface area contributed by atoms with Crippen LogP contribution in [0.5, 0.6) is 0 Å². The van der Waals surface area contributed by atoms with Crippen molar-refractivity contribution in [3.63, 3.8) is 0 Å². The van der Waals surface area contributed by atoms with E-state index in [0.29, 0.717) is 6.42 Å². The van der Waals surface area contributed by atoms with E-state index in [4.69, 9.17) is 5.73 Å². The third-order valence-electron chi connectivity index (χ3n) is 5.18. The smallest absolute Gasteiger partial charge is 0.223 e. The second-order valence-electron chi connectivity index (χ2n) is 6.86. The summed E-state index contributed by atoms with van der Waals surface area (Å²) in [5.74, 6) is -0.112. The molecule has 5 heteroatoms. The lowest BCUT2D eigenvalue weighted by Gasteiger charge is -2.37. The number of hydrazone groups is 1. The van der Waals surface area contributed by atoms with E-state index in [-0.39, 0.29) is 11.8 Å². The van der Waals surface area contributed by atoms with Crippen LogP contribution in [0.1, 0.15) is 51.6 Å². The van der Waals surface area contributed by atoms with E-state index in [2.05, 4.69) is 22.4 Å². The average molecular weight is 312 g/mol. The van der Waals surface area contributed by atoms with E-state index < -0.39 is 5.41 Å². The minimum Gasteiger partial charge on any atom is -0.369 e. The Hall–Kier alpha value is -2.17. The minimum absolute atomic E-state index is 0.101. The van der Waals surface area contributed by atoms with Crippen molar-refractivity contribution in [1.82, 2.24) is 10.4 Å². The summed E-state index contributed by atoms with van der Waals surface area (Å²) in [6.45, 7) is 4.05. The lowest BCUT2D eigenvalue weighted by atomic mass is 9.69. The van der Waals surface area contributed by atoms with Crippen LogP contribution in [-0.4, -0.2) is 16.6 Å². The highest BCUT2D eigenvalue weighted by Crippen LogP contribution is 2.41. The number of fused-ring (bicyclic) bond motifs is 1. The second kappa shape index (κ2) is 6.14. The Bertz CT molecular complexity index is 665. The first-order valence-electron chi connectivity index (χ1n) is 8.26. The second-order valence-corrected chi connectivity index (χ2v) is 6.86. The molecule has 0 radical (unpaired) electrons. The Morgan fingerprint density at radius 1 is 1.39 bits per heavy atom. The monoisotopic (exact) mass is 312 g/mol. The van der Waals surface area contributed by atoms with Crippen molar-refractivity contribution in [2.24, 2.45) is 22.2 Å². The number of hydrogen-bond acceptors (Lipinski definition) is 4. The van der Waals surface area contributed by atoms with Gasteiger partial charge in [0.1, 0.15) is 0 Å². The molecular weight excluding hydrogens is 288 g/mol. The number of amides is 1. The number of aromatic nitrogens is 1. The SMILES string of the molecule is CC1=C2CCCCC(C)(C(N)=O)CC2C(c2ccccn2)=NN1. The standard InChI is InChI=1S/C18H24N4O/c1-12-13-7-3-5-9-18(2,17(19)23)11-14(13)16(22-21-12)15-8-4-6-10-20-15/h4,6,8,10,14,21H,3,5,7,9,11H2,1-2H3,(H2,19,23). The number of primary amides is 1. The maximum absolute atomic E-state index is 12.1. The molecule has 3 rings (SSSR count). The number of rotatable bonds is 2. The van der Waals surface area contributed by atoms with Gasteiger partial charge in [0.05, 0.1) is 11.4 Å². The minimum atomic E-state index is -0.497. The van der Waals surface area contributed by atoms with Gasteiger partial charge in [-0.05, 0) is 50.3 Å². The van der Waals surface area contributed by atoms with Gasteiger partial charge in [0, 0.05) is 23.2 Å². The molecule has 1 fully saturated rings. The van der Waals surface area contributed by atoms with Gasteiger partial charge < -0.3 is 5.73 Å². The molecule has 2 heterocycles. The van der Waals surface area contributed by atoms with Crippen molar-refractivity contribution >= 4 is 11.6 Å². The molecule has 0 saturated heterocycles. The van der Waals surface area contributed by atoms with Gasteiger partial charge in [-0.25, -0.2) is 0 Å². The number of allylic oxidation sites excluding steroid dienone is 2. The molecular formula is C18H24N4O. The number of nitrogens with zero attached hydrogens (tertiary/aromatic N) is 2. The first-order chi connectivity index (χ1) is 11.0. The van der Waals surface area contributed by atoms with Crippen LogP contribution in [0.2, 0.25) is 0 Å². The highest BCUT2D eigenvalue weighted by atomic mass is 16.1. The van der Waals surface area contributed by atoms with Gasteiger partial charge in [0.25, 0.3) is 0 Å². The zero-order chi connectivity index (χ0) is 16.4. The number of nitrogens with two attached hydrogens (primary N) is 1. The molecule has 1 amide bonds. The molecule has 122 valence electrons. The van der Waals surface area contributed by atoms with E-state index in [1.54, 1.807) is 6.20 Å². The summed E-state index contributed by atoms with van der Waals surface area (Å²) in [5.41, 5.74) is 12.6. The molecule has 2 atom stereocenters. The third kappa shape index (κ3) is 3.00. The summed E-state index contributed by atoms with van der Waals surface area (Å²) < 4.78 is 0. The van der Waals surface area contributed by atoms with Crippen molar-refractivity contribution < 1.29 is 4.79 Å². The average Bonchev–Trinajstić information content (AvgIpc) is 2.52. The quantitative estimate of drug-likeness (QED) is 0.881. The number of nitrogens with one attached hydrogen (secondary N) is 1. The topological polar surface area (TPSA) is 80.4 Å². The molecule has 2 unspecified atom stereocenters. The molecule has 5 nitrogen and oxygen atoms in total. The van der Waals surface area contributed by atoms with Crippen molar-refractivity contribution in [3.05, 3.63) is 41.4 Å². The molecule has 0 aromatic carbocycles. The normalized spacial score (nSPS) is 28.1. The first-order valence-corrected chi connectivity index (χ1v) is 8.26. The summed E-state index contributed by atoms with van der Waals surface area (Å²) in [6, 6.07) is 5.83. The van der Waals surface area contributed by atoms with Gasteiger partial charge >= 0.3 is 0 Å². The molecule has 1 aliphatic carbocycles. The zero-order valence-electron chi connectivity index (χ0n) is 13.8. The number of hydrogen-bond donors (Lipinski definition) is 2. The predicted octanol–water partition coefficient (Wildman–Crippen LogP) is 2.73. The van der Waals surface area contributed by atoms with Crippen molar-refractivity contribution in [1.29, 1.82) is 0 Å². The molecule has 1 aromatic rings. The van der Waals surface area contributed by atoms with Crippen LogP contribution in [0.3, 0.4) is 0 Å². The molecule has 0 bridgehead atoms. The Kier molecular flexibility index (Phi) is 4.20. The van der Waals surface area contributed by atoms with Gasteiger partial charge in [-0.1, -0.05) is 19.4 Å². The summed E-state index contributed by atoms with van der Waals surface area (Å²) in [4.78, 5) is 16.5. The largest absolute Gasteiger partial charge is 0.369 e. The Morgan fingerprint density at radius 2 is 2.22 bits per heavy atom. The van der Waals surface area contributed by atoms with Crippen LogP contribution < -0.4 is 11.2 Å². The predicted molar refractivity (Wildman–Crippen MR) is 90.5 cm³/mol. The summed E-state index contributed by atoms with van der Waals surface area (Å²) in [5, 5.41) is 4.56. The lowest BCUT2D eigenvalue weighted by Crippen LogP contribution is -2.41. The fourth-order valence-corrected chi connectivity index (χ4v) is 3.66. The van der Waals surface area contributed by atoms with E-state index in [1.807, 2.05) is 25.1 Å². The van der Waals surface area contributed by atoms with Gasteiger partial charge in [-0.15, -0.1) is 0 Å². The fourth-order valence-electron chi connectivity index (χ4n) is 3.66. The molecule has 1 saturated carbocycles. The van der Waals surface area contributed by atoms with Crippen molar-refractivity contribution in [2.75, 3.05) is 0 Å². The Morgan fingerprint density at radius 3 is 2.91 bits per heavy atom. The fraction of sp³-hybridized carbons (Fsp3) is 0.500. The Balaban J connectivity index is 2.02. The van der Waals surface area contributed by atoms with Crippen LogP contribution in [0.25, 0.3) is 0 Å².